The van der Waals surface area contributed by atoms with Crippen molar-refractivity contribution in [3.8, 4) is 16.8 Å². The van der Waals surface area contributed by atoms with Gasteiger partial charge in [-0.05, 0) is 226 Å². The Balaban J connectivity index is 0.971. The van der Waals surface area contributed by atoms with Crippen LogP contribution in [-0.2, 0) is 16.2 Å². The molecule has 2 aliphatic heterocycles. The molecule has 0 fully saturated rings. The molecule has 2 aromatic heterocycles. The normalized spacial score (nSPS) is 13.2. The number of furan rings is 1. The van der Waals surface area contributed by atoms with E-state index in [1.807, 2.05) is 6.07 Å². The lowest BCUT2D eigenvalue weighted by atomic mass is 9.33. The number of hydrogen-bond donors (Lipinski definition) is 0. The fourth-order valence-corrected chi connectivity index (χ4v) is 14.8. The van der Waals surface area contributed by atoms with Crippen molar-refractivity contribution in [2.75, 3.05) is 14.7 Å². The van der Waals surface area contributed by atoms with E-state index in [0.717, 1.165) is 50.3 Å². The van der Waals surface area contributed by atoms with Gasteiger partial charge in [-0.25, -0.2) is 0 Å². The molecule has 0 N–H and O–H groups in total. The number of benzene rings is 11. The van der Waals surface area contributed by atoms with Gasteiger partial charge in [0.05, 0.1) is 22.4 Å². The van der Waals surface area contributed by atoms with Crippen molar-refractivity contribution >= 4 is 118 Å². The van der Waals surface area contributed by atoms with Gasteiger partial charge in [0, 0.05) is 67.0 Å². The molecule has 0 saturated heterocycles. The molecule has 0 atom stereocenters. The van der Waals surface area contributed by atoms with Crippen molar-refractivity contribution in [1.29, 1.82) is 0 Å². The molecule has 6 heteroatoms. The molecule has 89 heavy (non-hydrogen) atoms. The SMILES string of the molecule is Cc1cc2c3c(c1)N(c1c(C)cc(-c4ccc5c(c4)oc4ccccc45)cc1C)c1cc(C(C)(C)C)ccc1B3c1ccc(N(c3ccc4c5ccccc5n(-c5ccccc5)c4c3)c3c(C)cc(C(C)(C)C)cc3C)cc1N2c1ccc(C(C)(C)C)cc1. The second-order valence-electron chi connectivity index (χ2n) is 28.6. The van der Waals surface area contributed by atoms with Crippen LogP contribution in [0.3, 0.4) is 0 Å². The average Bonchev–Trinajstić information content (AvgIpc) is 1.33. The zero-order valence-corrected chi connectivity index (χ0v) is 54.0. The molecule has 0 aliphatic carbocycles. The number of para-hydroxylation sites is 3. The van der Waals surface area contributed by atoms with Crippen molar-refractivity contribution in [3.05, 3.63) is 257 Å². The second kappa shape index (κ2) is 20.3. The Kier molecular flexibility index (Phi) is 12.8. The third-order valence-electron chi connectivity index (χ3n) is 19.3. The van der Waals surface area contributed by atoms with Crippen molar-refractivity contribution in [1.82, 2.24) is 4.57 Å². The summed E-state index contributed by atoms with van der Waals surface area (Å²) in [4.78, 5) is 7.77. The van der Waals surface area contributed by atoms with Crippen LogP contribution in [-0.4, -0.2) is 11.3 Å². The van der Waals surface area contributed by atoms with Crippen LogP contribution in [0.15, 0.2) is 217 Å². The van der Waals surface area contributed by atoms with Crippen LogP contribution >= 0.6 is 0 Å². The van der Waals surface area contributed by atoms with Crippen LogP contribution in [0.1, 0.15) is 107 Å². The Labute approximate surface area is 525 Å². The quantitative estimate of drug-likeness (QED) is 0.149. The highest BCUT2D eigenvalue weighted by Gasteiger charge is 2.45. The summed E-state index contributed by atoms with van der Waals surface area (Å²) in [6.45, 7) is 32.3. The second-order valence-corrected chi connectivity index (χ2v) is 28.6. The maximum Gasteiger partial charge on any atom is 0.252 e. The van der Waals surface area contributed by atoms with Crippen LogP contribution in [0.25, 0.3) is 60.6 Å². The highest BCUT2D eigenvalue weighted by atomic mass is 16.3. The van der Waals surface area contributed by atoms with Gasteiger partial charge in [-0.2, -0.15) is 0 Å². The lowest BCUT2D eigenvalue weighted by molar-refractivity contribution is 0.589. The smallest absolute Gasteiger partial charge is 0.252 e. The molecule has 438 valence electrons. The van der Waals surface area contributed by atoms with E-state index in [-0.39, 0.29) is 23.0 Å². The summed E-state index contributed by atoms with van der Waals surface area (Å²) in [6, 6.07) is 80.6. The predicted molar refractivity (Wildman–Crippen MR) is 382 cm³/mol. The molecule has 15 rings (SSSR count). The Morgan fingerprint density at radius 2 is 0.921 bits per heavy atom. The van der Waals surface area contributed by atoms with Gasteiger partial charge >= 0.3 is 0 Å². The first kappa shape index (κ1) is 56.0. The summed E-state index contributed by atoms with van der Waals surface area (Å²) in [6.07, 6.45) is 0. The number of aryl methyl sites for hydroxylation is 5. The van der Waals surface area contributed by atoms with Gasteiger partial charge in [-0.1, -0.05) is 172 Å². The van der Waals surface area contributed by atoms with Gasteiger partial charge in [-0.3, -0.25) is 0 Å². The molecule has 13 aromatic rings. The Hall–Kier alpha value is -9.52. The van der Waals surface area contributed by atoms with Gasteiger partial charge in [-0.15, -0.1) is 0 Å². The van der Waals surface area contributed by atoms with Gasteiger partial charge in [0.25, 0.3) is 6.71 Å². The van der Waals surface area contributed by atoms with Crippen LogP contribution < -0.4 is 31.1 Å². The molecular weight excluding hydrogens is 1080 g/mol. The minimum absolute atomic E-state index is 0.0211. The molecule has 5 nitrogen and oxygen atoms in total. The van der Waals surface area contributed by atoms with Crippen molar-refractivity contribution in [2.24, 2.45) is 0 Å². The van der Waals surface area contributed by atoms with Crippen molar-refractivity contribution < 1.29 is 4.42 Å². The zero-order chi connectivity index (χ0) is 61.7. The molecule has 0 radical (unpaired) electrons. The third-order valence-corrected chi connectivity index (χ3v) is 19.3. The summed E-state index contributed by atoms with van der Waals surface area (Å²) in [7, 11) is 0. The fraction of sp³-hybridized carbons (Fsp3) is 0.205. The van der Waals surface area contributed by atoms with Crippen molar-refractivity contribution in [2.45, 2.75) is 113 Å². The molecule has 0 spiro atoms. The molecule has 0 amide bonds. The van der Waals surface area contributed by atoms with Crippen LogP contribution in [0.4, 0.5) is 51.2 Å². The largest absolute Gasteiger partial charge is 0.456 e. The van der Waals surface area contributed by atoms with Gasteiger partial charge in [0.1, 0.15) is 11.2 Å². The highest BCUT2D eigenvalue weighted by molar-refractivity contribution is 7.00. The molecule has 4 heterocycles. The van der Waals surface area contributed by atoms with E-state index in [0.29, 0.717) is 0 Å². The predicted octanol–water partition coefficient (Wildman–Crippen LogP) is 21.3. The molecule has 2 aliphatic rings. The summed E-state index contributed by atoms with van der Waals surface area (Å²) in [5.41, 5.74) is 31.9. The van der Waals surface area contributed by atoms with E-state index < -0.39 is 0 Å². The number of anilines is 9. The van der Waals surface area contributed by atoms with Gasteiger partial charge in [0.15, 0.2) is 0 Å². The minimum atomic E-state index is -0.0966. The van der Waals surface area contributed by atoms with E-state index in [2.05, 4.69) is 322 Å². The van der Waals surface area contributed by atoms with Crippen LogP contribution in [0.2, 0.25) is 0 Å². The monoisotopic (exact) mass is 1160 g/mol. The van der Waals surface area contributed by atoms with E-state index in [9.17, 15) is 0 Å². The number of fused-ring (bicyclic) bond motifs is 10. The first-order chi connectivity index (χ1) is 42.6. The maximum absolute atomic E-state index is 6.45. The molecule has 0 unspecified atom stereocenters. The Bertz CT molecular complexity index is 4990. The standard InChI is InChI=1S/C83H77BN4O/c1-50-40-74-78-75(41-50)88(80-51(2)42-56(43-52(80)3)55-28-36-67-66-25-19-21-27-76(66)89-77(67)46-55)72-47-58(82(9,10)11)31-38-68(72)84(78)69-39-35-63(49-73(69)87(74)61-32-29-57(30-33-61)81(6,7)8)85(79-53(4)44-59(45-54(79)5)83(12,13)14)62-34-37-65-64-24-18-20-26-70(64)86(71(65)48-62)60-22-16-15-17-23-60/h15-49H,1-14H3. The topological polar surface area (TPSA) is 27.8 Å². The first-order valence-corrected chi connectivity index (χ1v) is 31.8. The average molecular weight is 1160 g/mol. The Morgan fingerprint density at radius 3 is 1.61 bits per heavy atom. The lowest BCUT2D eigenvalue weighted by Crippen LogP contribution is -2.61. The summed E-state index contributed by atoms with van der Waals surface area (Å²) >= 11 is 0. The molecule has 0 bridgehead atoms. The van der Waals surface area contributed by atoms with Crippen LogP contribution in [0.5, 0.6) is 0 Å². The third kappa shape index (κ3) is 9.11. The molecular formula is C83H77BN4O. The summed E-state index contributed by atoms with van der Waals surface area (Å²) < 4.78 is 8.89. The summed E-state index contributed by atoms with van der Waals surface area (Å²) in [5, 5.41) is 4.75. The number of hydrogen-bond acceptors (Lipinski definition) is 4. The van der Waals surface area contributed by atoms with E-state index in [1.54, 1.807) is 0 Å². The minimum Gasteiger partial charge on any atom is -0.456 e. The maximum atomic E-state index is 6.45. The van der Waals surface area contributed by atoms with E-state index >= 15 is 0 Å². The van der Waals surface area contributed by atoms with E-state index in [1.165, 1.54) is 122 Å². The molecule has 11 aromatic carbocycles. The number of aromatic nitrogens is 1. The van der Waals surface area contributed by atoms with Gasteiger partial charge < -0.3 is 23.7 Å². The zero-order valence-electron chi connectivity index (χ0n) is 54.0. The first-order valence-electron chi connectivity index (χ1n) is 31.8. The van der Waals surface area contributed by atoms with Gasteiger partial charge in [0.2, 0.25) is 0 Å². The summed E-state index contributed by atoms with van der Waals surface area (Å²) in [5.74, 6) is 0. The van der Waals surface area contributed by atoms with Crippen LogP contribution in [0, 0.1) is 34.6 Å². The number of rotatable bonds is 7. The lowest BCUT2D eigenvalue weighted by Gasteiger charge is -2.45. The fourth-order valence-electron chi connectivity index (χ4n) is 14.8. The molecule has 0 saturated carbocycles. The van der Waals surface area contributed by atoms with E-state index in [4.69, 9.17) is 4.42 Å². The van der Waals surface area contributed by atoms with Crippen molar-refractivity contribution in [3.63, 3.8) is 0 Å². The number of nitrogens with zero attached hydrogens (tertiary/aromatic N) is 4. The Morgan fingerprint density at radius 1 is 0.371 bits per heavy atom. The highest BCUT2D eigenvalue weighted by Crippen LogP contribution is 2.51.